The van der Waals surface area contributed by atoms with E-state index in [0.717, 1.165) is 18.8 Å². The molecular formula is C28H39N3O6. The Hall–Kier alpha value is -2.91. The summed E-state index contributed by atoms with van der Waals surface area (Å²) in [5.74, 6) is -4.15. The van der Waals surface area contributed by atoms with Gasteiger partial charge in [-0.3, -0.25) is 14.4 Å². The van der Waals surface area contributed by atoms with Gasteiger partial charge >= 0.3 is 5.97 Å². The molecule has 3 aliphatic rings. The van der Waals surface area contributed by atoms with Crippen molar-refractivity contribution in [3.05, 3.63) is 36.9 Å². The van der Waals surface area contributed by atoms with E-state index in [1.807, 2.05) is 31.2 Å². The molecule has 1 aromatic rings. The minimum atomic E-state index is -1.28. The first-order valence-electron chi connectivity index (χ1n) is 13.2. The Labute approximate surface area is 218 Å². The second-order valence-electron chi connectivity index (χ2n) is 10.7. The smallest absolute Gasteiger partial charge is 0.310 e. The predicted molar refractivity (Wildman–Crippen MR) is 140 cm³/mol. The fourth-order valence-electron chi connectivity index (χ4n) is 6.93. The largest absolute Gasteiger partial charge is 0.481 e. The van der Waals surface area contributed by atoms with Crippen LogP contribution in [-0.4, -0.2) is 82.4 Å². The number of ether oxygens (including phenoxy) is 1. The van der Waals surface area contributed by atoms with Crippen molar-refractivity contribution in [2.24, 2.45) is 17.8 Å². The minimum Gasteiger partial charge on any atom is -0.481 e. The number of benzene rings is 1. The summed E-state index contributed by atoms with van der Waals surface area (Å²) in [6.45, 7) is 14.9. The Morgan fingerprint density at radius 1 is 1.24 bits per heavy atom. The molecular weight excluding hydrogens is 474 g/mol. The van der Waals surface area contributed by atoms with Gasteiger partial charge in [0.2, 0.25) is 5.91 Å². The van der Waals surface area contributed by atoms with Crippen molar-refractivity contribution < 1.29 is 29.3 Å². The number of amides is 2. The summed E-state index contributed by atoms with van der Waals surface area (Å²) in [5.41, 5.74) is -0.663. The van der Waals surface area contributed by atoms with Gasteiger partial charge < -0.3 is 29.6 Å². The van der Waals surface area contributed by atoms with E-state index in [-0.39, 0.29) is 25.0 Å². The lowest BCUT2D eigenvalue weighted by Gasteiger charge is -2.38. The van der Waals surface area contributed by atoms with E-state index in [0.29, 0.717) is 12.1 Å². The monoisotopic (exact) mass is 513 g/mol. The number of fused-ring (bicyclic) bond motifs is 1. The van der Waals surface area contributed by atoms with Crippen molar-refractivity contribution in [1.29, 1.82) is 0 Å². The van der Waals surface area contributed by atoms with Gasteiger partial charge in [-0.05, 0) is 64.3 Å². The summed E-state index contributed by atoms with van der Waals surface area (Å²) in [4.78, 5) is 45.8. The van der Waals surface area contributed by atoms with Crippen molar-refractivity contribution in [1.82, 2.24) is 4.90 Å². The van der Waals surface area contributed by atoms with Crippen LogP contribution >= 0.6 is 0 Å². The minimum absolute atomic E-state index is 0.168. The molecule has 0 aromatic heterocycles. The van der Waals surface area contributed by atoms with Crippen LogP contribution < -0.4 is 9.80 Å². The van der Waals surface area contributed by atoms with Crippen LogP contribution in [-0.2, 0) is 19.1 Å². The van der Waals surface area contributed by atoms with Crippen molar-refractivity contribution in [2.45, 2.75) is 64.3 Å². The molecule has 9 heteroatoms. The summed E-state index contributed by atoms with van der Waals surface area (Å²) in [5, 5.41) is 20.2. The second-order valence-corrected chi connectivity index (χ2v) is 10.7. The van der Waals surface area contributed by atoms with E-state index in [1.165, 1.54) is 4.90 Å². The molecule has 0 saturated carbocycles. The average Bonchev–Trinajstić information content (AvgIpc) is 3.39. The van der Waals surface area contributed by atoms with Crippen molar-refractivity contribution in [3.8, 4) is 0 Å². The third-order valence-corrected chi connectivity index (χ3v) is 8.86. The Bertz CT molecular complexity index is 1070. The van der Waals surface area contributed by atoms with Crippen LogP contribution in [0.15, 0.2) is 36.9 Å². The molecule has 0 radical (unpaired) electrons. The summed E-state index contributed by atoms with van der Waals surface area (Å²) >= 11 is 0. The molecule has 3 fully saturated rings. The first kappa shape index (κ1) is 27.1. The molecule has 2 amide bonds. The second kappa shape index (κ2) is 9.76. The maximum atomic E-state index is 14.4. The van der Waals surface area contributed by atoms with Crippen LogP contribution in [0.25, 0.3) is 0 Å². The lowest BCUT2D eigenvalue weighted by Crippen LogP contribution is -2.58. The van der Waals surface area contributed by atoms with Gasteiger partial charge in [-0.25, -0.2) is 0 Å². The third kappa shape index (κ3) is 3.85. The number of carboxylic acids is 1. The number of aliphatic carboxylic acids is 1. The number of anilines is 2. The summed E-state index contributed by atoms with van der Waals surface area (Å²) < 4.78 is 6.53. The Morgan fingerprint density at radius 3 is 2.35 bits per heavy atom. The molecule has 3 heterocycles. The Kier molecular flexibility index (Phi) is 7.16. The highest BCUT2D eigenvalue weighted by atomic mass is 16.5. The number of carbonyl (C=O) groups is 3. The average molecular weight is 514 g/mol. The number of likely N-dealkylation sites (tertiary alicyclic amines) is 1. The normalized spacial score (nSPS) is 32.8. The predicted octanol–water partition coefficient (Wildman–Crippen LogP) is 2.53. The Balaban J connectivity index is 1.80. The first-order chi connectivity index (χ1) is 17.5. The highest BCUT2D eigenvalue weighted by molar-refractivity contribution is 6.05. The van der Waals surface area contributed by atoms with Gasteiger partial charge in [0.15, 0.2) is 0 Å². The zero-order chi connectivity index (χ0) is 27.3. The molecule has 7 atom stereocenters. The molecule has 0 aliphatic carbocycles. The Morgan fingerprint density at radius 2 is 1.84 bits per heavy atom. The zero-order valence-electron chi connectivity index (χ0n) is 22.4. The molecule has 3 saturated heterocycles. The lowest BCUT2D eigenvalue weighted by atomic mass is 9.62. The van der Waals surface area contributed by atoms with Crippen LogP contribution in [0.4, 0.5) is 11.4 Å². The maximum Gasteiger partial charge on any atom is 0.310 e. The molecule has 2 N–H and O–H groups in total. The van der Waals surface area contributed by atoms with Gasteiger partial charge in [0, 0.05) is 31.0 Å². The number of carbonyl (C=O) groups excluding carboxylic acids is 2. The van der Waals surface area contributed by atoms with Crippen LogP contribution in [0.2, 0.25) is 0 Å². The third-order valence-electron chi connectivity index (χ3n) is 8.86. The van der Waals surface area contributed by atoms with Crippen LogP contribution in [0.3, 0.4) is 0 Å². The van der Waals surface area contributed by atoms with E-state index in [2.05, 4.69) is 25.3 Å². The molecule has 9 nitrogen and oxygen atoms in total. The fourth-order valence-corrected chi connectivity index (χ4v) is 6.93. The highest BCUT2D eigenvalue weighted by Gasteiger charge is 2.80. The van der Waals surface area contributed by atoms with Crippen LogP contribution in [0, 0.1) is 17.8 Å². The quantitative estimate of drug-likeness (QED) is 0.463. The highest BCUT2D eigenvalue weighted by Crippen LogP contribution is 2.65. The van der Waals surface area contributed by atoms with Gasteiger partial charge in [0.1, 0.15) is 17.6 Å². The number of hydrogen-bond donors (Lipinski definition) is 2. The van der Waals surface area contributed by atoms with Gasteiger partial charge in [-0.15, -0.1) is 6.58 Å². The van der Waals surface area contributed by atoms with Gasteiger partial charge in [0.05, 0.1) is 24.2 Å². The lowest BCUT2D eigenvalue weighted by molar-refractivity contribution is -0.157. The van der Waals surface area contributed by atoms with E-state index >= 15 is 0 Å². The van der Waals surface area contributed by atoms with Crippen molar-refractivity contribution >= 4 is 29.2 Å². The molecule has 37 heavy (non-hydrogen) atoms. The molecule has 1 aromatic carbocycles. The van der Waals surface area contributed by atoms with E-state index in [9.17, 15) is 24.6 Å². The first-order valence-corrected chi connectivity index (χ1v) is 13.2. The number of rotatable bonds is 10. The number of aliphatic hydroxyl groups excluding tert-OH is 1. The molecule has 3 aliphatic heterocycles. The zero-order valence-corrected chi connectivity index (χ0v) is 22.4. The molecule has 202 valence electrons. The summed E-state index contributed by atoms with van der Waals surface area (Å²) in [7, 11) is 0. The fraction of sp³-hybridized carbons (Fsp3) is 0.607. The van der Waals surface area contributed by atoms with E-state index < -0.39 is 47.0 Å². The van der Waals surface area contributed by atoms with Crippen LogP contribution in [0.1, 0.15) is 41.0 Å². The summed E-state index contributed by atoms with van der Waals surface area (Å²) in [6.07, 6.45) is 2.01. The van der Waals surface area contributed by atoms with E-state index in [1.54, 1.807) is 24.8 Å². The van der Waals surface area contributed by atoms with Gasteiger partial charge in [0.25, 0.3) is 5.91 Å². The number of hydrogen-bond acceptors (Lipinski definition) is 6. The van der Waals surface area contributed by atoms with Gasteiger partial charge in [-0.2, -0.15) is 0 Å². The molecule has 3 unspecified atom stereocenters. The standard InChI is InChI=1S/C28H39N3O6/c1-7-14-30(20-12-10-19(11-13-20)29(8-2)9-3)25(34)23-28-15-17(4)27(6,37-28)22(26(35)36)21(28)24(33)31(23)18(5)16-32/h7,10-13,17-18,21-23,32H,1,8-9,14-16H2,2-6H3,(H,35,36)/t17?,18-,21+,22-,23?,27+,28?/m1/s1. The van der Waals surface area contributed by atoms with Crippen molar-refractivity contribution in [2.75, 3.05) is 36.0 Å². The van der Waals surface area contributed by atoms with Crippen LogP contribution in [0.5, 0.6) is 0 Å². The molecule has 2 bridgehead atoms. The molecule has 1 spiro atoms. The number of aliphatic hydroxyl groups is 1. The number of carboxylic acid groups (broad SMARTS) is 1. The molecule has 4 rings (SSSR count). The number of nitrogens with zero attached hydrogens (tertiary/aromatic N) is 3. The van der Waals surface area contributed by atoms with E-state index in [4.69, 9.17) is 4.74 Å². The topological polar surface area (TPSA) is 111 Å². The van der Waals surface area contributed by atoms with Crippen molar-refractivity contribution in [3.63, 3.8) is 0 Å². The summed E-state index contributed by atoms with van der Waals surface area (Å²) in [6, 6.07) is 5.92. The SMILES string of the molecule is C=CCN(C(=O)C1N([C@H](C)CO)C(=O)[C@@H]2[C@H](C(=O)O)[C@@]3(C)OC12CC3C)c1ccc(N(CC)CC)cc1. The maximum absolute atomic E-state index is 14.4. The van der Waals surface area contributed by atoms with Gasteiger partial charge in [-0.1, -0.05) is 13.0 Å².